The lowest BCUT2D eigenvalue weighted by Gasteiger charge is -2.46. The summed E-state index contributed by atoms with van der Waals surface area (Å²) >= 11 is 0. The van der Waals surface area contributed by atoms with Gasteiger partial charge in [-0.25, -0.2) is 9.59 Å². The van der Waals surface area contributed by atoms with E-state index in [1.165, 1.54) is 0 Å². The number of unbranched alkanes of at least 4 members (excludes halogenated alkanes) is 3. The summed E-state index contributed by atoms with van der Waals surface area (Å²) in [7, 11) is 0. The first kappa shape index (κ1) is 45.5. The van der Waals surface area contributed by atoms with E-state index in [0.717, 1.165) is 6.92 Å². The molecule has 0 radical (unpaired) electrons. The van der Waals surface area contributed by atoms with Crippen LogP contribution in [0.5, 0.6) is 0 Å². The number of hydrogen-bond donors (Lipinski definition) is 4. The zero-order valence-electron chi connectivity index (χ0n) is 28.8. The van der Waals surface area contributed by atoms with E-state index in [9.17, 15) is 54.0 Å². The van der Waals surface area contributed by atoms with Crippen LogP contribution in [0.3, 0.4) is 0 Å². The average Bonchev–Trinajstić information content (AvgIpc) is 2.97. The maximum absolute atomic E-state index is 12.7. The van der Waals surface area contributed by atoms with Gasteiger partial charge in [0.05, 0.1) is 38.6 Å². The molecule has 0 bridgehead atoms. The second kappa shape index (κ2) is 22.9. The minimum Gasteiger partial charge on any atom is -0.481 e. The molecule has 0 spiro atoms. The number of aliphatic carboxylic acids is 3. The van der Waals surface area contributed by atoms with Crippen LogP contribution in [0.2, 0.25) is 0 Å². The summed E-state index contributed by atoms with van der Waals surface area (Å²) in [5, 5.41) is 40.2. The third-order valence-electron chi connectivity index (χ3n) is 7.43. The van der Waals surface area contributed by atoms with Crippen LogP contribution >= 0.6 is 0 Å². The minimum absolute atomic E-state index is 0.0206. The van der Waals surface area contributed by atoms with Gasteiger partial charge in [-0.05, 0) is 47.0 Å². The van der Waals surface area contributed by atoms with Crippen molar-refractivity contribution in [3.05, 3.63) is 0 Å². The maximum Gasteiger partial charge on any atom is 0.339 e. The summed E-state index contributed by atoms with van der Waals surface area (Å²) in [6.07, 6.45) is 1.05. The molecule has 0 aromatic rings. The molecule has 272 valence electrons. The number of carboxylic acids is 3. The van der Waals surface area contributed by atoms with Crippen LogP contribution < -0.4 is 0 Å². The van der Waals surface area contributed by atoms with E-state index >= 15 is 0 Å². The number of ether oxygens (including phenoxy) is 4. The number of hydrogen-bond acceptors (Lipinski definition) is 12. The van der Waals surface area contributed by atoms with Crippen molar-refractivity contribution in [1.29, 1.82) is 0 Å². The number of carbonyl (C=O) groups excluding carboxylic acids is 4. The molecule has 0 saturated heterocycles. The molecule has 0 amide bonds. The molecule has 0 fully saturated rings. The van der Waals surface area contributed by atoms with E-state index in [-0.39, 0.29) is 45.7 Å². The van der Waals surface area contributed by atoms with Gasteiger partial charge in [-0.1, -0.05) is 52.9 Å². The Kier molecular flexibility index (Phi) is 22.1. The lowest BCUT2D eigenvalue weighted by molar-refractivity contribution is -0.218. The van der Waals surface area contributed by atoms with E-state index in [0.29, 0.717) is 32.1 Å². The lowest BCUT2D eigenvalue weighted by Crippen LogP contribution is -2.68. The first-order chi connectivity index (χ1) is 22.0. The molecule has 0 rings (SSSR count). The monoisotopic (exact) mass is 678 g/mol. The predicted octanol–water partition coefficient (Wildman–Crippen LogP) is 3.55. The first-order valence-electron chi connectivity index (χ1n) is 16.0. The first-order valence-corrected chi connectivity index (χ1v) is 16.0. The van der Waals surface area contributed by atoms with Gasteiger partial charge in [-0.2, -0.15) is 0 Å². The summed E-state index contributed by atoms with van der Waals surface area (Å²) in [6, 6.07) is 0. The standard InChI is InChI=1S/C20H34O8.C12H20O7/c1-5-8-11-15(16(22)23)20(18(26)27,28-13-10-7-3)19(14(4)21,17(24)25)12-9-6-2;1-4-17-9(13)7-12(16,11(15)19-6-3)8-10(14)18-5-2/h15H,5-13H2,1-4H3,(H,22,23)(H,24,25)(H,26,27);16H,4-8H2,1-3H3. The molecular formula is C32H54O15. The van der Waals surface area contributed by atoms with Crippen molar-refractivity contribution in [3.63, 3.8) is 0 Å². The highest BCUT2D eigenvalue weighted by Crippen LogP contribution is 2.48. The minimum atomic E-state index is -2.68. The zero-order valence-corrected chi connectivity index (χ0v) is 28.8. The number of Topliss-reactive ketones (excluding diaryl/α,β-unsaturated/α-hetero) is 1. The topological polar surface area (TPSA) is 237 Å². The van der Waals surface area contributed by atoms with Gasteiger partial charge in [0.1, 0.15) is 0 Å². The second-order valence-corrected chi connectivity index (χ2v) is 10.9. The van der Waals surface area contributed by atoms with E-state index in [4.69, 9.17) is 4.74 Å². The van der Waals surface area contributed by atoms with Crippen LogP contribution in [-0.4, -0.2) is 99.7 Å². The van der Waals surface area contributed by atoms with E-state index in [1.54, 1.807) is 27.7 Å². The second-order valence-electron chi connectivity index (χ2n) is 10.9. The van der Waals surface area contributed by atoms with Crippen molar-refractivity contribution in [2.75, 3.05) is 26.4 Å². The highest BCUT2D eigenvalue weighted by Gasteiger charge is 2.70. The SMILES string of the molecule is CCCCOC(C(=O)O)(C(CCCC)C(=O)O)C(CCCC)(C(C)=O)C(=O)O.CCOC(=O)CC(O)(CC(=O)OCC)C(=O)OCC. The van der Waals surface area contributed by atoms with Crippen LogP contribution in [-0.2, 0) is 52.5 Å². The van der Waals surface area contributed by atoms with Crippen molar-refractivity contribution in [2.45, 2.75) is 124 Å². The van der Waals surface area contributed by atoms with E-state index < -0.39 is 77.0 Å². The Bertz CT molecular complexity index is 1000. The van der Waals surface area contributed by atoms with Gasteiger partial charge in [0.25, 0.3) is 0 Å². The quantitative estimate of drug-likeness (QED) is 0.0494. The van der Waals surface area contributed by atoms with Crippen LogP contribution in [0.15, 0.2) is 0 Å². The summed E-state index contributed by atoms with van der Waals surface area (Å²) in [5.74, 6) is -10.1. The summed E-state index contributed by atoms with van der Waals surface area (Å²) in [5.41, 5.74) is -7.43. The van der Waals surface area contributed by atoms with Crippen molar-refractivity contribution in [1.82, 2.24) is 0 Å². The molecule has 0 heterocycles. The number of aliphatic hydroxyl groups is 1. The molecule has 3 unspecified atom stereocenters. The van der Waals surface area contributed by atoms with Crippen LogP contribution in [0, 0.1) is 11.3 Å². The molecule has 4 N–H and O–H groups in total. The Hall–Kier alpha value is -3.59. The van der Waals surface area contributed by atoms with Crippen molar-refractivity contribution < 1.29 is 72.9 Å². The molecule has 0 aromatic heterocycles. The molecule has 0 saturated carbocycles. The van der Waals surface area contributed by atoms with Gasteiger partial charge < -0.3 is 39.4 Å². The van der Waals surface area contributed by atoms with E-state index in [1.807, 2.05) is 13.8 Å². The summed E-state index contributed by atoms with van der Waals surface area (Å²) in [4.78, 5) is 84.1. The van der Waals surface area contributed by atoms with Gasteiger partial charge in [-0.3, -0.25) is 24.0 Å². The predicted molar refractivity (Wildman–Crippen MR) is 166 cm³/mol. The van der Waals surface area contributed by atoms with Crippen LogP contribution in [0.1, 0.15) is 113 Å². The Balaban J connectivity index is 0. The van der Waals surface area contributed by atoms with Gasteiger partial charge >= 0.3 is 35.8 Å². The van der Waals surface area contributed by atoms with Crippen LogP contribution in [0.4, 0.5) is 0 Å². The molecule has 15 heteroatoms. The van der Waals surface area contributed by atoms with Crippen LogP contribution in [0.25, 0.3) is 0 Å². The highest BCUT2D eigenvalue weighted by atomic mass is 16.6. The number of rotatable bonds is 24. The van der Waals surface area contributed by atoms with Crippen molar-refractivity contribution in [2.24, 2.45) is 11.3 Å². The van der Waals surface area contributed by atoms with Gasteiger partial charge in [-0.15, -0.1) is 0 Å². The fourth-order valence-electron chi connectivity index (χ4n) is 5.06. The lowest BCUT2D eigenvalue weighted by atomic mass is 9.59. The van der Waals surface area contributed by atoms with E-state index in [2.05, 4.69) is 14.2 Å². The zero-order chi connectivity index (χ0) is 36.8. The molecule has 15 nitrogen and oxygen atoms in total. The Morgan fingerprint density at radius 3 is 1.47 bits per heavy atom. The van der Waals surface area contributed by atoms with Gasteiger partial charge in [0.2, 0.25) is 5.60 Å². The summed E-state index contributed by atoms with van der Waals surface area (Å²) < 4.78 is 19.6. The molecule has 0 aliphatic rings. The smallest absolute Gasteiger partial charge is 0.339 e. The Labute approximate surface area is 276 Å². The Morgan fingerprint density at radius 2 is 1.13 bits per heavy atom. The maximum atomic E-state index is 12.7. The summed E-state index contributed by atoms with van der Waals surface area (Å²) in [6.45, 7) is 11.2. The molecular weight excluding hydrogens is 624 g/mol. The molecule has 0 aliphatic heterocycles. The third kappa shape index (κ3) is 12.9. The molecule has 47 heavy (non-hydrogen) atoms. The number of esters is 3. The van der Waals surface area contributed by atoms with Gasteiger partial charge in [0, 0.05) is 6.61 Å². The number of carboxylic acid groups (broad SMARTS) is 3. The van der Waals surface area contributed by atoms with Gasteiger partial charge in [0.15, 0.2) is 16.8 Å². The fourth-order valence-corrected chi connectivity index (χ4v) is 5.06. The van der Waals surface area contributed by atoms with Crippen molar-refractivity contribution in [3.8, 4) is 0 Å². The molecule has 0 aromatic carbocycles. The number of carbonyl (C=O) groups is 7. The Morgan fingerprint density at radius 1 is 0.660 bits per heavy atom. The largest absolute Gasteiger partial charge is 0.481 e. The average molecular weight is 679 g/mol. The molecule has 0 aliphatic carbocycles. The highest BCUT2D eigenvalue weighted by molar-refractivity contribution is 6.09. The molecule has 3 atom stereocenters. The third-order valence-corrected chi connectivity index (χ3v) is 7.43. The number of ketones is 1. The van der Waals surface area contributed by atoms with Crippen molar-refractivity contribution >= 4 is 41.6 Å². The normalized spacial score (nSPS) is 14.2. The fraction of sp³-hybridized carbons (Fsp3) is 0.781.